The van der Waals surface area contributed by atoms with Crippen molar-refractivity contribution in [2.45, 2.75) is 135 Å². The van der Waals surface area contributed by atoms with Crippen LogP contribution in [0.25, 0.3) is 0 Å². The Hall–Kier alpha value is -1.59. The molecule has 1 rings (SSSR count). The van der Waals surface area contributed by atoms with Crippen molar-refractivity contribution in [3.05, 3.63) is 0 Å². The molecule has 6 nitrogen and oxygen atoms in total. The van der Waals surface area contributed by atoms with Gasteiger partial charge in [0.15, 0.2) is 0 Å². The summed E-state index contributed by atoms with van der Waals surface area (Å²) in [5.41, 5.74) is -0.744. The lowest BCUT2D eigenvalue weighted by molar-refractivity contribution is -0.186. The molecular weight excluding hydrogens is 384 g/mol. The molecule has 0 aromatic rings. The van der Waals surface area contributed by atoms with Gasteiger partial charge in [0.1, 0.15) is 17.8 Å². The summed E-state index contributed by atoms with van der Waals surface area (Å²) in [5, 5.41) is 0. The van der Waals surface area contributed by atoms with Gasteiger partial charge in [-0.1, -0.05) is 66.2 Å². The number of carbonyl (C=O) groups is 3. The topological polar surface area (TPSA) is 78.9 Å². The van der Waals surface area contributed by atoms with Gasteiger partial charge in [-0.3, -0.25) is 14.4 Å². The van der Waals surface area contributed by atoms with Crippen molar-refractivity contribution in [2.24, 2.45) is 0 Å². The van der Waals surface area contributed by atoms with Gasteiger partial charge in [0, 0.05) is 38.5 Å². The molecule has 0 amide bonds. The number of rotatable bonds is 14. The van der Waals surface area contributed by atoms with Gasteiger partial charge in [0.25, 0.3) is 0 Å². The molecule has 0 spiro atoms. The van der Waals surface area contributed by atoms with Gasteiger partial charge in [-0.15, -0.1) is 0 Å². The number of hydrogen-bond acceptors (Lipinski definition) is 6. The molecule has 0 aromatic heterocycles. The summed E-state index contributed by atoms with van der Waals surface area (Å²) in [6, 6.07) is 0. The van der Waals surface area contributed by atoms with Crippen LogP contribution in [0.15, 0.2) is 0 Å². The number of ether oxygens (including phenoxy) is 3. The van der Waals surface area contributed by atoms with Gasteiger partial charge in [-0.2, -0.15) is 0 Å². The second-order valence-corrected chi connectivity index (χ2v) is 8.46. The van der Waals surface area contributed by atoms with Crippen LogP contribution in [-0.4, -0.2) is 35.7 Å². The van der Waals surface area contributed by atoms with Crippen LogP contribution in [0.5, 0.6) is 0 Å². The largest absolute Gasteiger partial charge is 0.462 e. The van der Waals surface area contributed by atoms with E-state index in [1.54, 1.807) is 20.8 Å². The Morgan fingerprint density at radius 3 is 1.63 bits per heavy atom. The van der Waals surface area contributed by atoms with Crippen LogP contribution in [-0.2, 0) is 28.6 Å². The third kappa shape index (κ3) is 9.94. The zero-order chi connectivity index (χ0) is 22.4. The van der Waals surface area contributed by atoms with E-state index in [0.717, 1.165) is 12.8 Å². The number of carbonyl (C=O) groups excluding carboxylic acids is 3. The van der Waals surface area contributed by atoms with Gasteiger partial charge < -0.3 is 14.2 Å². The van der Waals surface area contributed by atoms with Crippen molar-refractivity contribution in [1.82, 2.24) is 0 Å². The normalized spacial score (nSPS) is 23.6. The molecule has 0 N–H and O–H groups in total. The monoisotopic (exact) mass is 426 g/mol. The van der Waals surface area contributed by atoms with E-state index in [-0.39, 0.29) is 37.2 Å². The molecule has 1 aliphatic carbocycles. The molecule has 1 fully saturated rings. The van der Waals surface area contributed by atoms with Gasteiger partial charge in [0.05, 0.1) is 0 Å². The van der Waals surface area contributed by atoms with Crippen molar-refractivity contribution in [3.63, 3.8) is 0 Å². The molecule has 0 saturated heterocycles. The molecule has 0 heterocycles. The van der Waals surface area contributed by atoms with Gasteiger partial charge >= 0.3 is 17.9 Å². The van der Waals surface area contributed by atoms with Gasteiger partial charge in [0.2, 0.25) is 0 Å². The number of esters is 3. The first kappa shape index (κ1) is 26.4. The average Bonchev–Trinajstić information content (AvgIpc) is 2.72. The summed E-state index contributed by atoms with van der Waals surface area (Å²) in [6.07, 6.45) is 10.3. The predicted molar refractivity (Wildman–Crippen MR) is 116 cm³/mol. The Morgan fingerprint density at radius 1 is 0.700 bits per heavy atom. The lowest BCUT2D eigenvalue weighted by Crippen LogP contribution is -2.49. The predicted octanol–water partition coefficient (Wildman–Crippen LogP) is 5.65. The van der Waals surface area contributed by atoms with Crippen LogP contribution < -0.4 is 0 Å². The van der Waals surface area contributed by atoms with E-state index in [2.05, 4.69) is 6.92 Å². The van der Waals surface area contributed by atoms with Crippen molar-refractivity contribution in [1.29, 1.82) is 0 Å². The zero-order valence-electron chi connectivity index (χ0n) is 19.5. The summed E-state index contributed by atoms with van der Waals surface area (Å²) >= 11 is 0. The number of hydrogen-bond donors (Lipinski definition) is 0. The highest BCUT2D eigenvalue weighted by molar-refractivity contribution is 5.70. The first-order valence-corrected chi connectivity index (χ1v) is 12.0. The van der Waals surface area contributed by atoms with E-state index in [1.807, 2.05) is 0 Å². The molecule has 6 heteroatoms. The summed E-state index contributed by atoms with van der Waals surface area (Å²) in [4.78, 5) is 36.0. The second kappa shape index (κ2) is 14.4. The fourth-order valence-electron chi connectivity index (χ4n) is 4.15. The minimum Gasteiger partial charge on any atom is -0.462 e. The SMILES string of the molecule is CCCCCCCCCC1(OC(=O)CC)CC(OC(=O)CC)CC(OC(=O)CC)C1. The molecule has 0 aromatic carbocycles. The highest BCUT2D eigenvalue weighted by Gasteiger charge is 2.45. The molecule has 30 heavy (non-hydrogen) atoms. The van der Waals surface area contributed by atoms with E-state index in [9.17, 15) is 14.4 Å². The van der Waals surface area contributed by atoms with Crippen LogP contribution in [0.4, 0.5) is 0 Å². The van der Waals surface area contributed by atoms with Crippen LogP contribution in [0.1, 0.15) is 118 Å². The van der Waals surface area contributed by atoms with Crippen molar-refractivity contribution >= 4 is 17.9 Å². The smallest absolute Gasteiger partial charge is 0.306 e. The van der Waals surface area contributed by atoms with E-state index < -0.39 is 17.8 Å². The molecule has 1 aliphatic rings. The summed E-state index contributed by atoms with van der Waals surface area (Å²) in [7, 11) is 0. The Morgan fingerprint density at radius 2 is 1.17 bits per heavy atom. The molecule has 1 saturated carbocycles. The molecule has 174 valence electrons. The standard InChI is InChI=1S/C24H42O6/c1-5-9-10-11-12-13-14-15-24(30-23(27)8-4)17-19(28-21(25)6-2)16-20(18-24)29-22(26)7-3/h19-20H,5-18H2,1-4H3. The van der Waals surface area contributed by atoms with E-state index >= 15 is 0 Å². The van der Waals surface area contributed by atoms with Crippen LogP contribution in [0.2, 0.25) is 0 Å². The average molecular weight is 427 g/mol. The van der Waals surface area contributed by atoms with Crippen LogP contribution in [0, 0.1) is 0 Å². The lowest BCUT2D eigenvalue weighted by Gasteiger charge is -2.43. The maximum atomic E-state index is 12.2. The highest BCUT2D eigenvalue weighted by atomic mass is 16.6. The third-order valence-corrected chi connectivity index (χ3v) is 5.75. The van der Waals surface area contributed by atoms with Crippen molar-refractivity contribution < 1.29 is 28.6 Å². The minimum atomic E-state index is -0.744. The Kier molecular flexibility index (Phi) is 12.7. The van der Waals surface area contributed by atoms with E-state index in [4.69, 9.17) is 14.2 Å². The quantitative estimate of drug-likeness (QED) is 0.203. The van der Waals surface area contributed by atoms with Crippen molar-refractivity contribution in [2.75, 3.05) is 0 Å². The molecular formula is C24H42O6. The Labute approximate surface area is 182 Å². The van der Waals surface area contributed by atoms with Crippen molar-refractivity contribution in [3.8, 4) is 0 Å². The van der Waals surface area contributed by atoms with E-state index in [1.165, 1.54) is 32.1 Å². The van der Waals surface area contributed by atoms with Gasteiger partial charge in [-0.25, -0.2) is 0 Å². The van der Waals surface area contributed by atoms with Crippen LogP contribution >= 0.6 is 0 Å². The molecule has 0 radical (unpaired) electrons. The van der Waals surface area contributed by atoms with Gasteiger partial charge in [-0.05, 0) is 12.8 Å². The highest BCUT2D eigenvalue weighted by Crippen LogP contribution is 2.39. The Bertz CT molecular complexity index is 504. The fraction of sp³-hybridized carbons (Fsp3) is 0.875. The molecule has 0 aliphatic heterocycles. The first-order valence-electron chi connectivity index (χ1n) is 12.0. The second-order valence-electron chi connectivity index (χ2n) is 8.46. The summed E-state index contributed by atoms with van der Waals surface area (Å²) in [6.45, 7) is 7.49. The third-order valence-electron chi connectivity index (χ3n) is 5.75. The summed E-state index contributed by atoms with van der Waals surface area (Å²) < 4.78 is 17.2. The molecule has 2 unspecified atom stereocenters. The summed E-state index contributed by atoms with van der Waals surface area (Å²) in [5.74, 6) is -0.829. The zero-order valence-corrected chi connectivity index (χ0v) is 19.5. The molecule has 2 atom stereocenters. The number of unbranched alkanes of at least 4 members (excludes halogenated alkanes) is 6. The fourth-order valence-corrected chi connectivity index (χ4v) is 4.15. The molecule has 0 bridgehead atoms. The Balaban J connectivity index is 2.85. The van der Waals surface area contributed by atoms with Crippen LogP contribution in [0.3, 0.4) is 0 Å². The van der Waals surface area contributed by atoms with E-state index in [0.29, 0.717) is 25.7 Å². The lowest BCUT2D eigenvalue weighted by atomic mass is 9.77. The first-order chi connectivity index (χ1) is 14.4. The maximum Gasteiger partial charge on any atom is 0.306 e. The minimum absolute atomic E-state index is 0.263. The maximum absolute atomic E-state index is 12.2.